The van der Waals surface area contributed by atoms with Crippen LogP contribution in [0.4, 0.5) is 5.82 Å². The van der Waals surface area contributed by atoms with Gasteiger partial charge in [-0.1, -0.05) is 6.07 Å². The predicted molar refractivity (Wildman–Crippen MR) is 81.2 cm³/mol. The molecule has 0 aliphatic carbocycles. The van der Waals surface area contributed by atoms with E-state index in [1.165, 1.54) is 4.88 Å². The third kappa shape index (κ3) is 2.38. The van der Waals surface area contributed by atoms with Crippen molar-refractivity contribution in [2.75, 3.05) is 11.9 Å². The van der Waals surface area contributed by atoms with Crippen LogP contribution in [0.1, 0.15) is 23.9 Å². The molecule has 0 spiro atoms. The minimum Gasteiger partial charge on any atom is -0.363 e. The third-order valence-corrected chi connectivity index (χ3v) is 4.46. The molecule has 1 N–H and O–H groups in total. The summed E-state index contributed by atoms with van der Waals surface area (Å²) in [5, 5.41) is 5.40. The van der Waals surface area contributed by atoms with Crippen LogP contribution in [0.15, 0.2) is 30.2 Å². The molecule has 4 heterocycles. The van der Waals surface area contributed by atoms with Crippen molar-refractivity contribution in [1.29, 1.82) is 0 Å². The summed E-state index contributed by atoms with van der Waals surface area (Å²) in [6, 6.07) is 4.14. The first-order valence-electron chi connectivity index (χ1n) is 6.97. The molecular weight excluding hydrogens is 286 g/mol. The van der Waals surface area contributed by atoms with Crippen molar-refractivity contribution in [2.45, 2.75) is 25.6 Å². The number of nitrogens with one attached hydrogen (secondary N) is 1. The van der Waals surface area contributed by atoms with Crippen molar-refractivity contribution in [1.82, 2.24) is 19.5 Å². The van der Waals surface area contributed by atoms with Crippen LogP contribution in [0.3, 0.4) is 0 Å². The summed E-state index contributed by atoms with van der Waals surface area (Å²) in [4.78, 5) is 14.4. The molecule has 108 valence electrons. The van der Waals surface area contributed by atoms with E-state index in [-0.39, 0.29) is 6.23 Å². The standard InChI is InChI=1S/C14H15N5OS/c1-4-11(20-5-1)19-9-18-12-13(16-8-17-14(12)19)15-7-10-3-2-6-21-10/h2-3,6,8-9,11H,1,4-5,7H2,(H,15,16,17). The lowest BCUT2D eigenvalue weighted by Crippen LogP contribution is -2.07. The van der Waals surface area contributed by atoms with Gasteiger partial charge in [0.2, 0.25) is 0 Å². The Morgan fingerprint density at radius 3 is 3.19 bits per heavy atom. The summed E-state index contributed by atoms with van der Waals surface area (Å²) < 4.78 is 7.71. The molecule has 7 heteroatoms. The lowest BCUT2D eigenvalue weighted by atomic mass is 10.3. The van der Waals surface area contributed by atoms with E-state index in [2.05, 4.69) is 31.7 Å². The quantitative estimate of drug-likeness (QED) is 0.802. The molecule has 1 fully saturated rings. The van der Waals surface area contributed by atoms with Crippen LogP contribution in [-0.2, 0) is 11.3 Å². The zero-order valence-electron chi connectivity index (χ0n) is 11.4. The molecule has 0 radical (unpaired) electrons. The first-order chi connectivity index (χ1) is 10.4. The average Bonchev–Trinajstić information content (AvgIpc) is 3.24. The number of imidazole rings is 1. The van der Waals surface area contributed by atoms with E-state index >= 15 is 0 Å². The second kappa shape index (κ2) is 5.42. The van der Waals surface area contributed by atoms with Gasteiger partial charge in [-0.3, -0.25) is 4.57 Å². The summed E-state index contributed by atoms with van der Waals surface area (Å²) in [7, 11) is 0. The second-order valence-corrected chi connectivity index (χ2v) is 5.98. The fourth-order valence-corrected chi connectivity index (χ4v) is 3.20. The Morgan fingerprint density at radius 1 is 1.38 bits per heavy atom. The summed E-state index contributed by atoms with van der Waals surface area (Å²) >= 11 is 1.72. The Bertz CT molecular complexity index is 733. The van der Waals surface area contributed by atoms with Gasteiger partial charge in [-0.25, -0.2) is 15.0 Å². The summed E-state index contributed by atoms with van der Waals surface area (Å²) in [5.74, 6) is 0.769. The molecule has 1 aliphatic rings. The van der Waals surface area contributed by atoms with Crippen LogP contribution in [0.25, 0.3) is 11.2 Å². The van der Waals surface area contributed by atoms with Crippen molar-refractivity contribution < 1.29 is 4.74 Å². The first-order valence-corrected chi connectivity index (χ1v) is 7.85. The van der Waals surface area contributed by atoms with Gasteiger partial charge in [-0.05, 0) is 24.3 Å². The van der Waals surface area contributed by atoms with E-state index in [1.54, 1.807) is 24.0 Å². The third-order valence-electron chi connectivity index (χ3n) is 3.58. The minimum atomic E-state index is 0.0510. The largest absolute Gasteiger partial charge is 0.363 e. The molecule has 21 heavy (non-hydrogen) atoms. The fraction of sp³-hybridized carbons (Fsp3) is 0.357. The topological polar surface area (TPSA) is 64.9 Å². The molecule has 1 unspecified atom stereocenters. The normalized spacial score (nSPS) is 18.4. The number of anilines is 1. The maximum Gasteiger partial charge on any atom is 0.167 e. The van der Waals surface area contributed by atoms with E-state index in [1.807, 2.05) is 10.6 Å². The van der Waals surface area contributed by atoms with E-state index in [0.717, 1.165) is 43.0 Å². The Balaban J connectivity index is 1.63. The van der Waals surface area contributed by atoms with Crippen molar-refractivity contribution >= 4 is 28.3 Å². The average molecular weight is 301 g/mol. The monoisotopic (exact) mass is 301 g/mol. The van der Waals surface area contributed by atoms with Crippen molar-refractivity contribution in [3.8, 4) is 0 Å². The van der Waals surface area contributed by atoms with E-state index < -0.39 is 0 Å². The predicted octanol–water partition coefficient (Wildman–Crippen LogP) is 2.81. The van der Waals surface area contributed by atoms with Gasteiger partial charge >= 0.3 is 0 Å². The van der Waals surface area contributed by atoms with Crippen molar-refractivity contribution in [3.63, 3.8) is 0 Å². The van der Waals surface area contributed by atoms with Crippen LogP contribution >= 0.6 is 11.3 Å². The van der Waals surface area contributed by atoms with Gasteiger partial charge in [0.25, 0.3) is 0 Å². The number of ether oxygens (including phenoxy) is 1. The zero-order valence-corrected chi connectivity index (χ0v) is 12.2. The zero-order chi connectivity index (χ0) is 14.1. The molecule has 3 aromatic rings. The van der Waals surface area contributed by atoms with Crippen molar-refractivity contribution in [3.05, 3.63) is 35.0 Å². The second-order valence-electron chi connectivity index (χ2n) is 4.95. The van der Waals surface area contributed by atoms with Crippen LogP contribution in [0, 0.1) is 0 Å². The first kappa shape index (κ1) is 12.7. The molecule has 6 nitrogen and oxygen atoms in total. The summed E-state index contributed by atoms with van der Waals surface area (Å²) in [5.41, 5.74) is 1.62. The molecule has 0 bridgehead atoms. The number of nitrogens with zero attached hydrogens (tertiary/aromatic N) is 4. The van der Waals surface area contributed by atoms with Gasteiger partial charge in [0.1, 0.15) is 12.6 Å². The van der Waals surface area contributed by atoms with E-state index in [0.29, 0.717) is 0 Å². The smallest absolute Gasteiger partial charge is 0.167 e. The molecule has 1 aliphatic heterocycles. The SMILES string of the molecule is c1csc(CNc2ncnc3c2ncn3C2CCCO2)c1. The highest BCUT2D eigenvalue weighted by Gasteiger charge is 2.21. The molecule has 3 aromatic heterocycles. The molecule has 1 saturated heterocycles. The van der Waals surface area contributed by atoms with E-state index in [9.17, 15) is 0 Å². The van der Waals surface area contributed by atoms with Crippen LogP contribution in [0.2, 0.25) is 0 Å². The fourth-order valence-electron chi connectivity index (χ4n) is 2.56. The Kier molecular flexibility index (Phi) is 3.28. The van der Waals surface area contributed by atoms with Gasteiger partial charge in [0.05, 0.1) is 12.9 Å². The molecular formula is C14H15N5OS. The van der Waals surface area contributed by atoms with Gasteiger partial charge < -0.3 is 10.1 Å². The van der Waals surface area contributed by atoms with Crippen LogP contribution in [0.5, 0.6) is 0 Å². The highest BCUT2D eigenvalue weighted by atomic mass is 32.1. The Hall–Kier alpha value is -1.99. The van der Waals surface area contributed by atoms with Gasteiger partial charge in [-0.15, -0.1) is 11.3 Å². The van der Waals surface area contributed by atoms with Gasteiger partial charge in [0, 0.05) is 11.5 Å². The lowest BCUT2D eigenvalue weighted by molar-refractivity contribution is 0.0593. The molecule has 0 aromatic carbocycles. The number of fused-ring (bicyclic) bond motifs is 1. The number of thiophene rings is 1. The van der Waals surface area contributed by atoms with E-state index in [4.69, 9.17) is 4.74 Å². The number of aromatic nitrogens is 4. The van der Waals surface area contributed by atoms with Gasteiger partial charge in [-0.2, -0.15) is 0 Å². The minimum absolute atomic E-state index is 0.0510. The highest BCUT2D eigenvalue weighted by Crippen LogP contribution is 2.27. The van der Waals surface area contributed by atoms with Gasteiger partial charge in [0.15, 0.2) is 17.0 Å². The summed E-state index contributed by atoms with van der Waals surface area (Å²) in [6.07, 6.45) is 5.51. The number of hydrogen-bond donors (Lipinski definition) is 1. The lowest BCUT2D eigenvalue weighted by Gasteiger charge is -2.11. The van der Waals surface area contributed by atoms with Crippen LogP contribution < -0.4 is 5.32 Å². The highest BCUT2D eigenvalue weighted by molar-refractivity contribution is 7.09. The Labute approximate surface area is 125 Å². The molecule has 1 atom stereocenters. The molecule has 4 rings (SSSR count). The van der Waals surface area contributed by atoms with Crippen molar-refractivity contribution in [2.24, 2.45) is 0 Å². The number of hydrogen-bond acceptors (Lipinski definition) is 6. The molecule has 0 amide bonds. The maximum absolute atomic E-state index is 5.71. The molecule has 0 saturated carbocycles. The van der Waals surface area contributed by atoms with Crippen LogP contribution in [-0.4, -0.2) is 26.1 Å². The maximum atomic E-state index is 5.71. The number of rotatable bonds is 4. The Morgan fingerprint density at radius 2 is 2.38 bits per heavy atom. The summed E-state index contributed by atoms with van der Waals surface area (Å²) in [6.45, 7) is 1.55.